The predicted octanol–water partition coefficient (Wildman–Crippen LogP) is 8.46. The summed E-state index contributed by atoms with van der Waals surface area (Å²) in [5, 5.41) is 0. The highest BCUT2D eigenvalue weighted by Gasteiger charge is 2.47. The smallest absolute Gasteiger partial charge is 0.0988 e. The second-order valence-electron chi connectivity index (χ2n) is 17.5. The van der Waals surface area contributed by atoms with Crippen molar-refractivity contribution in [3.8, 4) is 0 Å². The van der Waals surface area contributed by atoms with E-state index in [0.717, 1.165) is 110 Å². The summed E-state index contributed by atoms with van der Waals surface area (Å²) in [7, 11) is 0. The molecule has 17 atom stereocenters. The standard InChI is InChI=1S/4C9H12O.C5H6.C4H6O/c4*1-2-7-3-6(1)4-8(7)9-5-10-9;1-2-4-5-3-1;1-2-4-3-5-4/h4*1-2,6-9H,3-5H2;1-4H,5H2;2,4H,1,3H2/t4*6?,7?,8?,9-;;/m0000../s1. The summed E-state index contributed by atoms with van der Waals surface area (Å²) in [6.45, 7) is 8.56. The SMILES string of the molecule is C1=CC2CC1CC2[C@@H]1CO1.C1=CC2CC1CC2[C@@H]1CO1.C1=CC2CC1CC2[C@@H]1CO1.C1=CC2CC1CC2[C@@H]1CO1.C1=CCC=C1.C=CC1CO1. The van der Waals surface area contributed by atoms with Gasteiger partial charge < -0.3 is 23.7 Å². The molecule has 5 saturated heterocycles. The Kier molecular flexibility index (Phi) is 10.2. The van der Waals surface area contributed by atoms with Crippen LogP contribution in [0.4, 0.5) is 0 Å². The van der Waals surface area contributed by atoms with Gasteiger partial charge in [-0.05, 0) is 129 Å². The predicted molar refractivity (Wildman–Crippen MR) is 197 cm³/mol. The first-order valence-corrected chi connectivity index (χ1v) is 20.4. The third-order valence-electron chi connectivity index (χ3n) is 13.9. The van der Waals surface area contributed by atoms with E-state index in [1.165, 1.54) is 51.4 Å². The van der Waals surface area contributed by atoms with Crippen LogP contribution in [-0.4, -0.2) is 63.6 Å². The molecule has 14 aliphatic rings. The minimum atomic E-state index is 0.398. The number of hydrogen-bond donors (Lipinski definition) is 0. The van der Waals surface area contributed by atoms with Crippen molar-refractivity contribution < 1.29 is 23.7 Å². The zero-order valence-corrected chi connectivity index (χ0v) is 30.0. The molecule has 14 rings (SSSR count). The molecule has 0 aromatic rings. The number of rotatable bonds is 5. The van der Waals surface area contributed by atoms with E-state index in [0.29, 0.717) is 30.5 Å². The van der Waals surface area contributed by atoms with E-state index in [-0.39, 0.29) is 0 Å². The van der Waals surface area contributed by atoms with Crippen molar-refractivity contribution in [3.05, 3.63) is 85.6 Å². The van der Waals surface area contributed by atoms with Gasteiger partial charge in [0.15, 0.2) is 0 Å². The lowest BCUT2D eigenvalue weighted by atomic mass is 9.91. The molecule has 0 N–H and O–H groups in total. The quantitative estimate of drug-likeness (QED) is 0.215. The molecular formula is C45H60O5. The molecule has 0 amide bonds. The van der Waals surface area contributed by atoms with Crippen LogP contribution in [0.5, 0.6) is 0 Å². The van der Waals surface area contributed by atoms with Crippen LogP contribution in [0.25, 0.3) is 0 Å². The first-order valence-electron chi connectivity index (χ1n) is 20.4. The van der Waals surface area contributed by atoms with Crippen molar-refractivity contribution >= 4 is 0 Å². The fourth-order valence-corrected chi connectivity index (χ4v) is 10.8. The Morgan fingerprint density at radius 3 is 0.820 bits per heavy atom. The summed E-state index contributed by atoms with van der Waals surface area (Å²) in [4.78, 5) is 0. The van der Waals surface area contributed by atoms with E-state index in [1.807, 2.05) is 0 Å². The molecule has 0 radical (unpaired) electrons. The van der Waals surface area contributed by atoms with Crippen LogP contribution in [0.3, 0.4) is 0 Å². The lowest BCUT2D eigenvalue weighted by molar-refractivity contribution is 0.298. The first-order chi connectivity index (χ1) is 24.7. The molecule has 13 unspecified atom stereocenters. The Bertz CT molecular complexity index is 1180. The van der Waals surface area contributed by atoms with E-state index in [4.69, 9.17) is 23.7 Å². The summed E-state index contributed by atoms with van der Waals surface area (Å²) in [6, 6.07) is 0. The minimum absolute atomic E-state index is 0.398. The van der Waals surface area contributed by atoms with Gasteiger partial charge in [-0.3, -0.25) is 0 Å². The van der Waals surface area contributed by atoms with Gasteiger partial charge in [0.1, 0.15) is 0 Å². The van der Waals surface area contributed by atoms with Gasteiger partial charge in [0.2, 0.25) is 0 Å². The fraction of sp³-hybridized carbons (Fsp3) is 0.689. The highest BCUT2D eigenvalue weighted by molar-refractivity contribution is 5.15. The highest BCUT2D eigenvalue weighted by Crippen LogP contribution is 2.50. The summed E-state index contributed by atoms with van der Waals surface area (Å²) >= 11 is 0. The molecule has 5 nitrogen and oxygen atoms in total. The van der Waals surface area contributed by atoms with Crippen molar-refractivity contribution in [2.24, 2.45) is 71.0 Å². The average molecular weight is 681 g/mol. The molecule has 0 spiro atoms. The molecule has 5 heteroatoms. The van der Waals surface area contributed by atoms with Crippen LogP contribution in [0.1, 0.15) is 57.8 Å². The molecule has 9 aliphatic carbocycles. The Balaban J connectivity index is 0.0000000825. The van der Waals surface area contributed by atoms with Gasteiger partial charge in [-0.2, -0.15) is 0 Å². The van der Waals surface area contributed by atoms with Crippen molar-refractivity contribution in [3.63, 3.8) is 0 Å². The number of ether oxygens (including phenoxy) is 5. The maximum Gasteiger partial charge on any atom is 0.0988 e. The highest BCUT2D eigenvalue weighted by atomic mass is 16.6. The fourth-order valence-electron chi connectivity index (χ4n) is 10.8. The lowest BCUT2D eigenvalue weighted by Gasteiger charge is -2.14. The summed E-state index contributed by atoms with van der Waals surface area (Å²) < 4.78 is 26.0. The Morgan fingerprint density at radius 2 is 0.700 bits per heavy atom. The van der Waals surface area contributed by atoms with Crippen LogP contribution in [0.2, 0.25) is 0 Å². The second kappa shape index (κ2) is 15.1. The van der Waals surface area contributed by atoms with Gasteiger partial charge in [0, 0.05) is 0 Å². The third kappa shape index (κ3) is 8.60. The van der Waals surface area contributed by atoms with Gasteiger partial charge >= 0.3 is 0 Å². The third-order valence-corrected chi connectivity index (χ3v) is 13.9. The maximum absolute atomic E-state index is 5.31. The van der Waals surface area contributed by atoms with Gasteiger partial charge in [-0.1, -0.05) is 79.0 Å². The molecule has 5 heterocycles. The van der Waals surface area contributed by atoms with E-state index < -0.39 is 0 Å². The van der Waals surface area contributed by atoms with Crippen molar-refractivity contribution in [1.29, 1.82) is 0 Å². The van der Waals surface area contributed by atoms with Crippen LogP contribution in [0.15, 0.2) is 85.6 Å². The molecule has 0 aromatic carbocycles. The molecule has 8 bridgehead atoms. The number of hydrogen-bond acceptors (Lipinski definition) is 5. The number of epoxide rings is 5. The summed E-state index contributed by atoms with van der Waals surface area (Å²) in [6.07, 6.45) is 44.8. The minimum Gasteiger partial charge on any atom is -0.373 e. The van der Waals surface area contributed by atoms with Gasteiger partial charge in [-0.25, -0.2) is 0 Å². The summed E-state index contributed by atoms with van der Waals surface area (Å²) in [5.74, 6) is 10.8. The zero-order chi connectivity index (χ0) is 33.4. The van der Waals surface area contributed by atoms with Crippen molar-refractivity contribution in [1.82, 2.24) is 0 Å². The van der Waals surface area contributed by atoms with E-state index in [1.54, 1.807) is 6.08 Å². The van der Waals surface area contributed by atoms with E-state index in [9.17, 15) is 0 Å². The van der Waals surface area contributed by atoms with Crippen molar-refractivity contribution in [2.75, 3.05) is 33.0 Å². The lowest BCUT2D eigenvalue weighted by Crippen LogP contribution is -2.13. The van der Waals surface area contributed by atoms with Crippen LogP contribution >= 0.6 is 0 Å². The van der Waals surface area contributed by atoms with Crippen molar-refractivity contribution in [2.45, 2.75) is 88.3 Å². The first kappa shape index (κ1) is 33.8. The van der Waals surface area contributed by atoms with Crippen LogP contribution in [-0.2, 0) is 23.7 Å². The molecule has 5 aliphatic heterocycles. The summed E-state index contributed by atoms with van der Waals surface area (Å²) in [5.41, 5.74) is 0. The molecule has 9 fully saturated rings. The van der Waals surface area contributed by atoms with Gasteiger partial charge in [0.25, 0.3) is 0 Å². The zero-order valence-electron chi connectivity index (χ0n) is 30.0. The molecule has 0 aromatic heterocycles. The molecule has 4 saturated carbocycles. The molecule has 270 valence electrons. The van der Waals surface area contributed by atoms with Crippen LogP contribution < -0.4 is 0 Å². The van der Waals surface area contributed by atoms with Gasteiger partial charge in [0.05, 0.1) is 63.6 Å². The number of fused-ring (bicyclic) bond motifs is 8. The Morgan fingerprint density at radius 1 is 0.400 bits per heavy atom. The van der Waals surface area contributed by atoms with Crippen LogP contribution in [0, 0.1) is 71.0 Å². The Labute approximate surface area is 300 Å². The maximum atomic E-state index is 5.31. The average Bonchev–Trinajstić information content (AvgIpc) is 4.16. The largest absolute Gasteiger partial charge is 0.373 e. The topological polar surface area (TPSA) is 62.6 Å². The number of allylic oxidation sites excluding steroid dienone is 12. The van der Waals surface area contributed by atoms with Gasteiger partial charge in [-0.15, -0.1) is 6.58 Å². The second-order valence-corrected chi connectivity index (χ2v) is 17.5. The Hall–Kier alpha value is -2.02. The normalized spacial score (nSPS) is 49.9. The monoisotopic (exact) mass is 680 g/mol. The van der Waals surface area contributed by atoms with E-state index >= 15 is 0 Å². The molecule has 50 heavy (non-hydrogen) atoms. The molecular weight excluding hydrogens is 620 g/mol. The van der Waals surface area contributed by atoms with E-state index in [2.05, 4.69) is 79.5 Å².